The third-order valence-electron chi connectivity index (χ3n) is 3.58. The molecular weight excluding hydrogens is 348 g/mol. The largest absolute Gasteiger partial charge is 0.329 e. The van der Waals surface area contributed by atoms with Crippen molar-refractivity contribution < 1.29 is 0 Å². The molecule has 4 rings (SSSR count). The van der Waals surface area contributed by atoms with Crippen molar-refractivity contribution >= 4 is 44.7 Å². The average Bonchev–Trinajstić information content (AvgIpc) is 3.22. The molecule has 0 spiro atoms. The van der Waals surface area contributed by atoms with Crippen molar-refractivity contribution in [1.29, 1.82) is 0 Å². The zero-order valence-electron chi connectivity index (χ0n) is 12.4. The number of rotatable bonds is 3. The van der Waals surface area contributed by atoms with Gasteiger partial charge in [0.1, 0.15) is 0 Å². The molecule has 0 radical (unpaired) electrons. The first-order valence-electron chi connectivity index (χ1n) is 7.01. The Morgan fingerprint density at radius 1 is 1.29 bits per heavy atom. The first-order valence-corrected chi connectivity index (χ1v) is 8.21. The van der Waals surface area contributed by atoms with Gasteiger partial charge >= 0.3 is 0 Å². The van der Waals surface area contributed by atoms with Crippen molar-refractivity contribution in [2.24, 2.45) is 7.05 Å². The van der Waals surface area contributed by atoms with Crippen molar-refractivity contribution in [2.75, 3.05) is 5.32 Å². The fraction of sp³-hybridized carbons (Fsp3) is 0.0667. The fourth-order valence-corrected chi connectivity index (χ4v) is 3.37. The summed E-state index contributed by atoms with van der Waals surface area (Å²) in [5.74, 6) is 0. The lowest BCUT2D eigenvalue weighted by atomic mass is 10.2. The van der Waals surface area contributed by atoms with Gasteiger partial charge in [-0.1, -0.05) is 22.9 Å². The van der Waals surface area contributed by atoms with Crippen molar-refractivity contribution in [3.8, 4) is 10.6 Å². The molecule has 9 heteroatoms. The summed E-state index contributed by atoms with van der Waals surface area (Å²) in [6.45, 7) is 0. The minimum Gasteiger partial charge on any atom is -0.329 e. The van der Waals surface area contributed by atoms with Crippen LogP contribution in [0.5, 0.6) is 0 Å². The smallest absolute Gasteiger partial charge is 0.260 e. The van der Waals surface area contributed by atoms with Crippen LogP contribution in [0.2, 0.25) is 5.02 Å². The molecule has 0 aliphatic carbocycles. The van der Waals surface area contributed by atoms with E-state index in [1.807, 2.05) is 12.1 Å². The van der Waals surface area contributed by atoms with Gasteiger partial charge in [-0.25, -0.2) is 0 Å². The van der Waals surface area contributed by atoms with Gasteiger partial charge in [-0.05, 0) is 24.3 Å². The van der Waals surface area contributed by atoms with Gasteiger partial charge in [0.15, 0.2) is 5.01 Å². The lowest BCUT2D eigenvalue weighted by Crippen LogP contribution is -2.17. The van der Waals surface area contributed by atoms with Crippen LogP contribution in [0.15, 0.2) is 41.5 Å². The second kappa shape index (κ2) is 5.73. The molecule has 3 aromatic heterocycles. The molecule has 7 nitrogen and oxygen atoms in total. The van der Waals surface area contributed by atoms with E-state index in [2.05, 4.69) is 25.7 Å². The normalized spacial score (nSPS) is 11.1. The van der Waals surface area contributed by atoms with Crippen LogP contribution in [0, 0.1) is 0 Å². The Labute approximate surface area is 144 Å². The van der Waals surface area contributed by atoms with Gasteiger partial charge in [0, 0.05) is 18.6 Å². The Morgan fingerprint density at radius 2 is 2.17 bits per heavy atom. The molecule has 0 saturated carbocycles. The number of nitrogens with zero attached hydrogens (tertiary/aromatic N) is 4. The van der Waals surface area contributed by atoms with Gasteiger partial charge in [0.05, 0.1) is 28.0 Å². The quantitative estimate of drug-likeness (QED) is 0.587. The number of halogens is 1. The highest BCUT2D eigenvalue weighted by atomic mass is 35.5. The van der Waals surface area contributed by atoms with Crippen LogP contribution in [0.25, 0.3) is 21.5 Å². The number of H-pyrrole nitrogens is 1. The molecule has 3 heterocycles. The summed E-state index contributed by atoms with van der Waals surface area (Å²) in [6, 6.07) is 7.25. The molecule has 0 aliphatic heterocycles. The van der Waals surface area contributed by atoms with E-state index < -0.39 is 0 Å². The minimum absolute atomic E-state index is 0.113. The molecule has 0 saturated heterocycles. The Hall–Kier alpha value is -2.71. The Bertz CT molecular complexity index is 1100. The SMILES string of the molecule is Cn1cccc(-c2nnc(Nc3ccc4[nH]ncc4c3Cl)s2)c1=O. The van der Waals surface area contributed by atoms with Gasteiger partial charge in [-0.2, -0.15) is 5.10 Å². The highest BCUT2D eigenvalue weighted by molar-refractivity contribution is 7.18. The Morgan fingerprint density at radius 3 is 3.04 bits per heavy atom. The zero-order valence-corrected chi connectivity index (χ0v) is 14.0. The third kappa shape index (κ3) is 2.45. The van der Waals surface area contributed by atoms with Crippen LogP contribution >= 0.6 is 22.9 Å². The lowest BCUT2D eigenvalue weighted by Gasteiger charge is -2.05. The number of nitrogens with one attached hydrogen (secondary N) is 2. The number of aryl methyl sites for hydroxylation is 1. The predicted octanol–water partition coefficient (Wildman–Crippen LogP) is 3.18. The third-order valence-corrected chi connectivity index (χ3v) is 4.86. The second-order valence-electron chi connectivity index (χ2n) is 5.13. The molecule has 0 fully saturated rings. The molecule has 0 aliphatic rings. The first-order chi connectivity index (χ1) is 11.6. The van der Waals surface area contributed by atoms with Crippen LogP contribution in [0.4, 0.5) is 10.8 Å². The van der Waals surface area contributed by atoms with Crippen molar-refractivity contribution in [3.05, 3.63) is 52.0 Å². The van der Waals surface area contributed by atoms with Crippen molar-refractivity contribution in [1.82, 2.24) is 25.0 Å². The first kappa shape index (κ1) is 14.9. The van der Waals surface area contributed by atoms with Crippen molar-refractivity contribution in [3.63, 3.8) is 0 Å². The molecule has 120 valence electrons. The Kier molecular flexibility index (Phi) is 3.55. The molecule has 0 amide bonds. The zero-order chi connectivity index (χ0) is 16.7. The summed E-state index contributed by atoms with van der Waals surface area (Å²) in [5.41, 5.74) is 1.96. The summed E-state index contributed by atoms with van der Waals surface area (Å²) in [6.07, 6.45) is 3.37. The molecule has 2 N–H and O–H groups in total. The maximum absolute atomic E-state index is 12.2. The van der Waals surface area contributed by atoms with E-state index in [4.69, 9.17) is 11.6 Å². The fourth-order valence-electron chi connectivity index (χ4n) is 2.34. The summed E-state index contributed by atoms with van der Waals surface area (Å²) in [5, 5.41) is 20.7. The van der Waals surface area contributed by atoms with E-state index in [9.17, 15) is 4.79 Å². The van der Waals surface area contributed by atoms with Crippen LogP contribution in [-0.4, -0.2) is 25.0 Å². The van der Waals surface area contributed by atoms with E-state index in [1.165, 1.54) is 15.9 Å². The van der Waals surface area contributed by atoms with Crippen LogP contribution in [0.1, 0.15) is 0 Å². The lowest BCUT2D eigenvalue weighted by molar-refractivity contribution is 0.862. The minimum atomic E-state index is -0.113. The topological polar surface area (TPSA) is 88.5 Å². The van der Waals surface area contributed by atoms with E-state index >= 15 is 0 Å². The van der Waals surface area contributed by atoms with Crippen LogP contribution < -0.4 is 10.9 Å². The molecule has 1 aromatic carbocycles. The highest BCUT2D eigenvalue weighted by Crippen LogP contribution is 2.33. The number of pyridine rings is 1. The summed E-state index contributed by atoms with van der Waals surface area (Å²) < 4.78 is 1.51. The standard InChI is InChI=1S/C15H11ClN6OS/c1-22-6-2-3-8(14(22)23)13-20-21-15(24-13)18-11-5-4-10-9(12(11)16)7-17-19-10/h2-7H,1H3,(H,17,19)(H,18,21). The molecule has 0 bridgehead atoms. The van der Waals surface area contributed by atoms with E-state index in [0.29, 0.717) is 26.4 Å². The van der Waals surface area contributed by atoms with Gasteiger partial charge < -0.3 is 9.88 Å². The number of fused-ring (bicyclic) bond motifs is 1. The molecule has 24 heavy (non-hydrogen) atoms. The number of hydrogen-bond donors (Lipinski definition) is 2. The van der Waals surface area contributed by atoms with Gasteiger partial charge in [-0.3, -0.25) is 9.89 Å². The molecule has 0 unspecified atom stereocenters. The number of aromatic amines is 1. The summed E-state index contributed by atoms with van der Waals surface area (Å²) in [4.78, 5) is 12.2. The average molecular weight is 359 g/mol. The van der Waals surface area contributed by atoms with Crippen LogP contribution in [0.3, 0.4) is 0 Å². The molecule has 4 aromatic rings. The number of hydrogen-bond acceptors (Lipinski definition) is 6. The second-order valence-corrected chi connectivity index (χ2v) is 6.49. The maximum Gasteiger partial charge on any atom is 0.260 e. The summed E-state index contributed by atoms with van der Waals surface area (Å²) in [7, 11) is 1.70. The Balaban J connectivity index is 1.69. The number of anilines is 2. The van der Waals surface area contributed by atoms with E-state index in [1.54, 1.807) is 31.6 Å². The van der Waals surface area contributed by atoms with Gasteiger partial charge in [0.25, 0.3) is 5.56 Å². The van der Waals surface area contributed by atoms with Gasteiger partial charge in [-0.15, -0.1) is 10.2 Å². The summed E-state index contributed by atoms with van der Waals surface area (Å²) >= 11 is 7.67. The molecule has 0 atom stereocenters. The van der Waals surface area contributed by atoms with Crippen molar-refractivity contribution in [2.45, 2.75) is 0 Å². The monoisotopic (exact) mass is 358 g/mol. The highest BCUT2D eigenvalue weighted by Gasteiger charge is 2.13. The van der Waals surface area contributed by atoms with E-state index in [0.717, 1.165) is 10.9 Å². The maximum atomic E-state index is 12.2. The predicted molar refractivity (Wildman–Crippen MR) is 95.0 cm³/mol. The van der Waals surface area contributed by atoms with E-state index in [-0.39, 0.29) is 5.56 Å². The van der Waals surface area contributed by atoms with Gasteiger partial charge in [0.2, 0.25) is 5.13 Å². The number of aromatic nitrogens is 5. The van der Waals surface area contributed by atoms with Crippen LogP contribution in [-0.2, 0) is 7.05 Å². The number of benzene rings is 1. The molecular formula is C15H11ClN6OS.